The zero-order valence-corrected chi connectivity index (χ0v) is 13.4. The van der Waals surface area contributed by atoms with Gasteiger partial charge in [0, 0.05) is 18.8 Å². The molecular formula is C16H15F3N2O2S. The van der Waals surface area contributed by atoms with E-state index in [9.17, 15) is 21.6 Å². The second-order valence-corrected chi connectivity index (χ2v) is 7.27. The second kappa shape index (κ2) is 5.78. The molecule has 2 N–H and O–H groups in total. The summed E-state index contributed by atoms with van der Waals surface area (Å²) in [5, 5.41) is 5.12. The first-order valence-corrected chi connectivity index (χ1v) is 8.76. The van der Waals surface area contributed by atoms with Crippen LogP contribution in [0.4, 0.5) is 18.9 Å². The van der Waals surface area contributed by atoms with Gasteiger partial charge in [0.05, 0.1) is 10.5 Å². The standard InChI is InChI=1S/C16H15F3N2O2S/c17-16(18,19)13-3-1-2-11(8-13)10-21-7-6-12-9-14(24(20,22)23)4-5-15(12)21/h1-5,8-9H,6-7,10H2,(H2,20,22,23). The zero-order valence-electron chi connectivity index (χ0n) is 12.5. The molecule has 0 aliphatic carbocycles. The highest BCUT2D eigenvalue weighted by atomic mass is 32.2. The first kappa shape index (κ1) is 16.8. The number of rotatable bonds is 3. The number of hydrogen-bond acceptors (Lipinski definition) is 3. The molecule has 2 aromatic carbocycles. The molecule has 0 saturated carbocycles. The molecule has 0 unspecified atom stereocenters. The fraction of sp³-hybridized carbons (Fsp3) is 0.250. The van der Waals surface area contributed by atoms with E-state index < -0.39 is 21.8 Å². The number of anilines is 1. The molecule has 0 spiro atoms. The van der Waals surface area contributed by atoms with Crippen LogP contribution in [-0.4, -0.2) is 15.0 Å². The highest BCUT2D eigenvalue weighted by Crippen LogP contribution is 2.33. The Morgan fingerprint density at radius 1 is 1.12 bits per heavy atom. The van der Waals surface area contributed by atoms with Crippen LogP contribution in [0.5, 0.6) is 0 Å². The minimum absolute atomic E-state index is 0.0437. The summed E-state index contributed by atoms with van der Waals surface area (Å²) in [6, 6.07) is 9.80. The van der Waals surface area contributed by atoms with E-state index in [2.05, 4.69) is 0 Å². The van der Waals surface area contributed by atoms with E-state index in [4.69, 9.17) is 5.14 Å². The molecule has 24 heavy (non-hydrogen) atoms. The second-order valence-electron chi connectivity index (χ2n) is 5.71. The maximum Gasteiger partial charge on any atom is 0.416 e. The van der Waals surface area contributed by atoms with Gasteiger partial charge in [-0.15, -0.1) is 0 Å². The van der Waals surface area contributed by atoms with Crippen molar-refractivity contribution in [1.29, 1.82) is 0 Å². The van der Waals surface area contributed by atoms with Crippen molar-refractivity contribution in [1.82, 2.24) is 0 Å². The number of sulfonamides is 1. The van der Waals surface area contributed by atoms with Crippen LogP contribution in [0.15, 0.2) is 47.4 Å². The Hall–Kier alpha value is -2.06. The van der Waals surface area contributed by atoms with Crippen LogP contribution in [0.1, 0.15) is 16.7 Å². The van der Waals surface area contributed by atoms with Gasteiger partial charge in [-0.1, -0.05) is 12.1 Å². The fourth-order valence-corrected chi connectivity index (χ4v) is 3.42. The minimum atomic E-state index is -4.37. The minimum Gasteiger partial charge on any atom is -0.367 e. The zero-order chi connectivity index (χ0) is 17.5. The summed E-state index contributed by atoms with van der Waals surface area (Å²) in [5.74, 6) is 0. The van der Waals surface area contributed by atoms with Crippen molar-refractivity contribution in [3.05, 3.63) is 59.2 Å². The molecule has 1 heterocycles. The van der Waals surface area contributed by atoms with Crippen LogP contribution in [0.3, 0.4) is 0 Å². The molecule has 0 fully saturated rings. The number of primary sulfonamides is 1. The molecule has 2 aromatic rings. The van der Waals surface area contributed by atoms with E-state index >= 15 is 0 Å². The summed E-state index contributed by atoms with van der Waals surface area (Å²) in [6.45, 7) is 0.936. The van der Waals surface area contributed by atoms with Gasteiger partial charge < -0.3 is 4.90 Å². The van der Waals surface area contributed by atoms with Gasteiger partial charge in [-0.05, 0) is 47.9 Å². The normalized spacial score (nSPS) is 14.8. The van der Waals surface area contributed by atoms with Crippen LogP contribution in [0.25, 0.3) is 0 Å². The summed E-state index contributed by atoms with van der Waals surface area (Å²) in [7, 11) is -3.77. The Labute approximate surface area is 137 Å². The lowest BCUT2D eigenvalue weighted by Gasteiger charge is -2.20. The molecule has 8 heteroatoms. The van der Waals surface area contributed by atoms with Crippen molar-refractivity contribution in [3.8, 4) is 0 Å². The topological polar surface area (TPSA) is 63.4 Å². The van der Waals surface area contributed by atoms with Gasteiger partial charge >= 0.3 is 6.18 Å². The maximum absolute atomic E-state index is 12.8. The molecule has 128 valence electrons. The molecule has 1 aliphatic rings. The average Bonchev–Trinajstić information content (AvgIpc) is 2.88. The third-order valence-electron chi connectivity index (χ3n) is 4.00. The number of fused-ring (bicyclic) bond motifs is 1. The SMILES string of the molecule is NS(=O)(=O)c1ccc2c(c1)CCN2Cc1cccc(C(F)(F)F)c1. The lowest BCUT2D eigenvalue weighted by atomic mass is 10.1. The first-order valence-electron chi connectivity index (χ1n) is 7.21. The summed E-state index contributed by atoms with van der Waals surface area (Å²) < 4.78 is 61.2. The molecule has 1 aliphatic heterocycles. The predicted molar refractivity (Wildman–Crippen MR) is 84.0 cm³/mol. The molecule has 0 saturated heterocycles. The van der Waals surface area contributed by atoms with E-state index in [1.807, 2.05) is 4.90 Å². The highest BCUT2D eigenvalue weighted by molar-refractivity contribution is 7.89. The van der Waals surface area contributed by atoms with E-state index in [0.717, 1.165) is 23.4 Å². The van der Waals surface area contributed by atoms with Gasteiger partial charge in [-0.2, -0.15) is 13.2 Å². The number of nitrogens with two attached hydrogens (primary N) is 1. The molecule has 0 aromatic heterocycles. The van der Waals surface area contributed by atoms with E-state index in [1.54, 1.807) is 12.1 Å². The van der Waals surface area contributed by atoms with E-state index in [0.29, 0.717) is 25.1 Å². The maximum atomic E-state index is 12.8. The molecule has 4 nitrogen and oxygen atoms in total. The third kappa shape index (κ3) is 3.39. The molecule has 3 rings (SSSR count). The van der Waals surface area contributed by atoms with Gasteiger partial charge in [0.15, 0.2) is 0 Å². The van der Waals surface area contributed by atoms with Crippen LogP contribution in [-0.2, 0) is 29.2 Å². The van der Waals surface area contributed by atoms with Crippen molar-refractivity contribution >= 4 is 15.7 Å². The van der Waals surface area contributed by atoms with E-state index in [-0.39, 0.29) is 4.90 Å². The van der Waals surface area contributed by atoms with Gasteiger partial charge in [0.25, 0.3) is 0 Å². The Kier molecular flexibility index (Phi) is 4.05. The quantitative estimate of drug-likeness (QED) is 0.920. The van der Waals surface area contributed by atoms with Crippen molar-refractivity contribution in [3.63, 3.8) is 0 Å². The smallest absolute Gasteiger partial charge is 0.367 e. The summed E-state index contributed by atoms with van der Waals surface area (Å²) >= 11 is 0. The van der Waals surface area contributed by atoms with Crippen LogP contribution < -0.4 is 10.0 Å². The third-order valence-corrected chi connectivity index (χ3v) is 4.91. The number of halogens is 3. The van der Waals surface area contributed by atoms with Crippen LogP contribution >= 0.6 is 0 Å². The lowest BCUT2D eigenvalue weighted by molar-refractivity contribution is -0.137. The number of hydrogen-bond donors (Lipinski definition) is 1. The Bertz CT molecular complexity index is 879. The molecule has 0 radical (unpaired) electrons. The van der Waals surface area contributed by atoms with Crippen LogP contribution in [0.2, 0.25) is 0 Å². The molecule has 0 bridgehead atoms. The van der Waals surface area contributed by atoms with Crippen molar-refractivity contribution in [2.45, 2.75) is 24.0 Å². The predicted octanol–water partition coefficient (Wildman–Crippen LogP) is 2.92. The van der Waals surface area contributed by atoms with Gasteiger partial charge in [-0.3, -0.25) is 0 Å². The van der Waals surface area contributed by atoms with E-state index in [1.165, 1.54) is 18.2 Å². The molecule has 0 atom stereocenters. The summed E-state index contributed by atoms with van der Waals surface area (Å²) in [5.41, 5.74) is 1.52. The highest BCUT2D eigenvalue weighted by Gasteiger charge is 2.30. The average molecular weight is 356 g/mol. The summed E-state index contributed by atoms with van der Waals surface area (Å²) in [6.07, 6.45) is -3.75. The lowest BCUT2D eigenvalue weighted by Crippen LogP contribution is -2.20. The number of nitrogens with zero attached hydrogens (tertiary/aromatic N) is 1. The monoisotopic (exact) mass is 356 g/mol. The van der Waals surface area contributed by atoms with Crippen molar-refractivity contribution in [2.75, 3.05) is 11.4 Å². The summed E-state index contributed by atoms with van der Waals surface area (Å²) in [4.78, 5) is 1.97. The molecule has 0 amide bonds. The first-order chi connectivity index (χ1) is 11.1. The molecular weight excluding hydrogens is 341 g/mol. The largest absolute Gasteiger partial charge is 0.416 e. The van der Waals surface area contributed by atoms with Gasteiger partial charge in [0.2, 0.25) is 10.0 Å². The Balaban J connectivity index is 1.85. The van der Waals surface area contributed by atoms with Gasteiger partial charge in [0.1, 0.15) is 0 Å². The number of benzene rings is 2. The van der Waals surface area contributed by atoms with Gasteiger partial charge in [-0.25, -0.2) is 13.6 Å². The van der Waals surface area contributed by atoms with Crippen LogP contribution in [0, 0.1) is 0 Å². The van der Waals surface area contributed by atoms with Crippen molar-refractivity contribution < 1.29 is 21.6 Å². The Morgan fingerprint density at radius 2 is 1.88 bits per heavy atom. The Morgan fingerprint density at radius 3 is 2.54 bits per heavy atom. The fourth-order valence-electron chi connectivity index (χ4n) is 2.85. The number of alkyl halides is 3. The van der Waals surface area contributed by atoms with Crippen molar-refractivity contribution in [2.24, 2.45) is 5.14 Å².